The number of rotatable bonds is 26. The lowest BCUT2D eigenvalue weighted by Crippen LogP contribution is -2.30. The Morgan fingerprint density at radius 2 is 0.581 bits per heavy atom. The van der Waals surface area contributed by atoms with Gasteiger partial charge in [-0.05, 0) is 100.0 Å². The maximum Gasteiger partial charge on any atom is 0.442 e. The lowest BCUT2D eigenvalue weighted by atomic mass is 9.73. The summed E-state index contributed by atoms with van der Waals surface area (Å²) in [5.41, 5.74) is 1.53. The Balaban J connectivity index is 0.788. The zero-order chi connectivity index (χ0) is 59.7. The number of alkyl halides is 8. The van der Waals surface area contributed by atoms with Gasteiger partial charge in [-0.3, -0.25) is 0 Å². The Kier molecular flexibility index (Phi) is 15.3. The first-order valence-corrected chi connectivity index (χ1v) is 27.9. The highest BCUT2D eigenvalue weighted by Gasteiger charge is 2.66. The van der Waals surface area contributed by atoms with Gasteiger partial charge >= 0.3 is 23.7 Å². The smallest absolute Gasteiger partial charge is 0.442 e. The van der Waals surface area contributed by atoms with Crippen LogP contribution in [0.2, 0.25) is 0 Å². The molecule has 8 aromatic rings. The molecule has 20 heteroatoms. The molecule has 0 aromatic heterocycles. The number of nitrogens with zero attached hydrogens (tertiary/aromatic N) is 8. The summed E-state index contributed by atoms with van der Waals surface area (Å²) in [5, 5.41) is 28.7. The third kappa shape index (κ3) is 12.2. The number of ether oxygens (including phenoxy) is 4. The van der Waals surface area contributed by atoms with Gasteiger partial charge in [-0.25, -0.2) is 8.78 Å². The maximum atomic E-state index is 13.6. The average molecular weight is 1180 g/mol. The molecule has 1 unspecified atom stereocenters. The predicted molar refractivity (Wildman–Crippen MR) is 302 cm³/mol. The molecule has 1 atom stereocenters. The predicted octanol–water partition coefficient (Wildman–Crippen LogP) is 17.0. The number of hydrogen-bond acceptors (Lipinski definition) is 12. The van der Waals surface area contributed by atoms with E-state index in [-0.39, 0.29) is 36.2 Å². The van der Waals surface area contributed by atoms with Crippen molar-refractivity contribution in [3.63, 3.8) is 0 Å². The standard InChI is InChI=1S/C66H54F8N8O4/c1-61(75-76-61)50-18-2-42(3-19-50)34-38-83-54-26-10-46(11-27-54)58(47-12-28-55(29-13-47)84-39-35-43-4-20-51(21-5-43)62(60(67)68)77-78-62)59(48-14-30-56(31-15-48)85-40-36-44-6-22-52(23-7-44)63(79-80-63)65(69,70)71)49-16-32-57(33-17-49)86-41-37-45-8-24-53(25-9-45)64(81-82-64)66(72,73)74/h2-33,58-60H,34-41H2,1H3. The lowest BCUT2D eigenvalue weighted by Gasteiger charge is -2.30. The van der Waals surface area contributed by atoms with E-state index in [1.54, 1.807) is 48.5 Å². The zero-order valence-corrected chi connectivity index (χ0v) is 46.1. The highest BCUT2D eigenvalue weighted by atomic mass is 19.4. The van der Waals surface area contributed by atoms with Crippen molar-refractivity contribution in [2.45, 2.75) is 85.9 Å². The fourth-order valence-electron chi connectivity index (χ4n) is 10.6. The van der Waals surface area contributed by atoms with Crippen LogP contribution >= 0.6 is 0 Å². The van der Waals surface area contributed by atoms with Gasteiger partial charge in [0.15, 0.2) is 0 Å². The molecule has 438 valence electrons. The Morgan fingerprint density at radius 3 is 0.802 bits per heavy atom. The molecule has 4 aliphatic rings. The first-order valence-electron chi connectivity index (χ1n) is 27.9. The van der Waals surface area contributed by atoms with Crippen molar-refractivity contribution in [1.82, 2.24) is 0 Å². The number of hydrogen-bond donors (Lipinski definition) is 0. The minimum absolute atomic E-state index is 0.0396. The van der Waals surface area contributed by atoms with E-state index in [1.165, 1.54) is 24.3 Å². The fraction of sp³-hybridized carbons (Fsp3) is 0.273. The van der Waals surface area contributed by atoms with Gasteiger partial charge in [0, 0.05) is 59.8 Å². The fourth-order valence-corrected chi connectivity index (χ4v) is 10.6. The normalized spacial score (nSPS) is 16.5. The second-order valence-corrected chi connectivity index (χ2v) is 21.6. The van der Waals surface area contributed by atoms with E-state index >= 15 is 0 Å². The molecular formula is C66H54F8N8O4. The molecule has 0 saturated carbocycles. The molecule has 0 amide bonds. The van der Waals surface area contributed by atoms with Crippen molar-refractivity contribution in [3.05, 3.63) is 261 Å². The van der Waals surface area contributed by atoms with E-state index in [1.807, 2.05) is 104 Å². The quantitative estimate of drug-likeness (QED) is 0.0499. The molecule has 0 spiro atoms. The van der Waals surface area contributed by atoms with Gasteiger partial charge in [0.25, 0.3) is 12.1 Å². The molecule has 8 aromatic carbocycles. The monoisotopic (exact) mass is 1170 g/mol. The van der Waals surface area contributed by atoms with E-state index in [0.717, 1.165) is 50.1 Å². The third-order valence-corrected chi connectivity index (χ3v) is 15.9. The summed E-state index contributed by atoms with van der Waals surface area (Å²) in [5.74, 6) is 1.87. The van der Waals surface area contributed by atoms with Crippen molar-refractivity contribution < 1.29 is 54.1 Å². The summed E-state index contributed by atoms with van der Waals surface area (Å²) in [6.07, 6.45) is -9.88. The van der Waals surface area contributed by atoms with Crippen LogP contribution in [0.1, 0.15) is 85.5 Å². The minimum Gasteiger partial charge on any atom is -0.493 e. The Morgan fingerprint density at radius 1 is 0.326 bits per heavy atom. The summed E-state index contributed by atoms with van der Waals surface area (Å²) in [7, 11) is 0. The van der Waals surface area contributed by atoms with Crippen molar-refractivity contribution >= 4 is 0 Å². The number of benzene rings is 8. The third-order valence-electron chi connectivity index (χ3n) is 15.9. The molecule has 12 nitrogen and oxygen atoms in total. The number of halogens is 8. The topological polar surface area (TPSA) is 136 Å². The summed E-state index contributed by atoms with van der Waals surface area (Å²) in [4.78, 5) is 0. The van der Waals surface area contributed by atoms with Gasteiger partial charge in [-0.15, -0.1) is 30.7 Å². The van der Waals surface area contributed by atoms with Gasteiger partial charge in [0.05, 0.1) is 26.4 Å². The molecule has 12 rings (SSSR count). The first-order chi connectivity index (χ1) is 41.4. The molecule has 86 heavy (non-hydrogen) atoms. The molecule has 0 aliphatic carbocycles. The van der Waals surface area contributed by atoms with Gasteiger partial charge in [-0.2, -0.15) is 36.6 Å². The van der Waals surface area contributed by atoms with Gasteiger partial charge < -0.3 is 18.9 Å². The molecule has 4 aliphatic heterocycles. The van der Waals surface area contributed by atoms with Gasteiger partial charge in [0.2, 0.25) is 5.66 Å². The maximum absolute atomic E-state index is 13.6. The largest absolute Gasteiger partial charge is 0.493 e. The van der Waals surface area contributed by atoms with Crippen LogP contribution in [-0.4, -0.2) is 45.2 Å². The van der Waals surface area contributed by atoms with Gasteiger partial charge in [0.1, 0.15) is 23.0 Å². The molecule has 0 N–H and O–H groups in total. The summed E-state index contributed by atoms with van der Waals surface area (Å²) in [6, 6.07) is 58.7. The second kappa shape index (κ2) is 23.0. The van der Waals surface area contributed by atoms with Crippen LogP contribution in [0.4, 0.5) is 35.1 Å². The highest BCUT2D eigenvalue weighted by Crippen LogP contribution is 2.54. The molecular weight excluding hydrogens is 1120 g/mol. The van der Waals surface area contributed by atoms with Crippen molar-refractivity contribution in [1.29, 1.82) is 0 Å². The van der Waals surface area contributed by atoms with Crippen LogP contribution in [0.5, 0.6) is 23.0 Å². The van der Waals surface area contributed by atoms with E-state index in [2.05, 4.69) is 65.2 Å². The van der Waals surface area contributed by atoms with Crippen LogP contribution in [0.25, 0.3) is 0 Å². The minimum atomic E-state index is -4.62. The van der Waals surface area contributed by atoms with Crippen LogP contribution < -0.4 is 18.9 Å². The Labute approximate surface area is 489 Å². The molecule has 0 radical (unpaired) electrons. The molecule has 4 heterocycles. The van der Waals surface area contributed by atoms with E-state index in [4.69, 9.17) is 18.9 Å². The highest BCUT2D eigenvalue weighted by molar-refractivity contribution is 5.49. The van der Waals surface area contributed by atoms with Crippen molar-refractivity contribution in [3.8, 4) is 23.0 Å². The van der Waals surface area contributed by atoms with Crippen LogP contribution in [0.3, 0.4) is 0 Å². The van der Waals surface area contributed by atoms with E-state index in [0.29, 0.717) is 67.5 Å². The summed E-state index contributed by atoms with van der Waals surface area (Å²) < 4.78 is 134. The van der Waals surface area contributed by atoms with Crippen LogP contribution in [-0.2, 0) is 48.3 Å². The van der Waals surface area contributed by atoms with Crippen LogP contribution in [0.15, 0.2) is 235 Å². The molecule has 0 saturated heterocycles. The zero-order valence-electron chi connectivity index (χ0n) is 46.1. The first kappa shape index (κ1) is 57.2. The van der Waals surface area contributed by atoms with Crippen molar-refractivity contribution in [2.24, 2.45) is 40.9 Å². The Hall–Kier alpha value is -9.20. The summed E-state index contributed by atoms with van der Waals surface area (Å²) >= 11 is 0. The summed E-state index contributed by atoms with van der Waals surface area (Å²) in [6.45, 7) is 3.25. The van der Waals surface area contributed by atoms with E-state index < -0.39 is 41.4 Å². The van der Waals surface area contributed by atoms with Crippen LogP contribution in [0, 0.1) is 0 Å². The SMILES string of the molecule is CC1(c2ccc(CCOc3ccc(C(c4ccc(OCCc5ccc(C6(C(F)F)N=N6)cc5)cc4)C(c4ccc(OCCc5ccc(C6(C(F)(F)F)N=N6)cc5)cc4)c4ccc(OCCc5ccc(C6(C(F)(F)F)N=N6)cc5)cc4)cc3)cc2)N=N1. The molecule has 0 fully saturated rings. The Bertz CT molecular complexity index is 3630. The second-order valence-electron chi connectivity index (χ2n) is 21.6. The average Bonchev–Trinajstić information content (AvgIpc) is 1.75. The van der Waals surface area contributed by atoms with Crippen molar-refractivity contribution in [2.75, 3.05) is 26.4 Å². The molecule has 0 bridgehead atoms. The lowest BCUT2D eigenvalue weighted by molar-refractivity contribution is -0.166. The van der Waals surface area contributed by atoms with E-state index in [9.17, 15) is 35.1 Å². The van der Waals surface area contributed by atoms with Gasteiger partial charge in [-0.1, -0.05) is 146 Å².